The molecule has 2 aromatic rings. The van der Waals surface area contributed by atoms with E-state index in [1.807, 2.05) is 55.5 Å². The first-order valence-electron chi connectivity index (χ1n) is 8.77. The van der Waals surface area contributed by atoms with Crippen LogP contribution >= 0.6 is 0 Å². The van der Waals surface area contributed by atoms with Crippen LogP contribution in [0.5, 0.6) is 0 Å². The van der Waals surface area contributed by atoms with Gasteiger partial charge in [-0.25, -0.2) is 0 Å². The maximum atomic E-state index is 12.0. The molecule has 0 unspecified atom stereocenters. The molecular formula is C20H24N4O. The van der Waals surface area contributed by atoms with Crippen LogP contribution in [0, 0.1) is 12.8 Å². The van der Waals surface area contributed by atoms with E-state index in [9.17, 15) is 4.79 Å². The number of hydrogen-bond acceptors (Lipinski definition) is 4. The Bertz CT molecular complexity index is 704. The molecule has 0 saturated carbocycles. The smallest absolute Gasteiger partial charge is 0.244 e. The molecule has 1 amide bonds. The minimum absolute atomic E-state index is 0.0318. The Labute approximate surface area is 148 Å². The Morgan fingerprint density at radius 1 is 1.16 bits per heavy atom. The molecule has 130 valence electrons. The van der Waals surface area contributed by atoms with E-state index in [0.29, 0.717) is 5.92 Å². The molecule has 1 fully saturated rings. The van der Waals surface area contributed by atoms with E-state index in [-0.39, 0.29) is 5.91 Å². The number of carbonyl (C=O) groups excluding carboxylic acids is 1. The highest BCUT2D eigenvalue weighted by atomic mass is 16.1. The average Bonchev–Trinajstić information content (AvgIpc) is 2.67. The van der Waals surface area contributed by atoms with Gasteiger partial charge in [0.2, 0.25) is 5.91 Å². The summed E-state index contributed by atoms with van der Waals surface area (Å²) in [6, 6.07) is 13.9. The largest absolute Gasteiger partial charge is 0.355 e. The Hall–Kier alpha value is -2.69. The van der Waals surface area contributed by atoms with Gasteiger partial charge in [0.1, 0.15) is 0 Å². The summed E-state index contributed by atoms with van der Waals surface area (Å²) < 4.78 is 0. The maximum absolute atomic E-state index is 12.0. The summed E-state index contributed by atoms with van der Waals surface area (Å²) in [5.41, 5.74) is 1.97. The van der Waals surface area contributed by atoms with Gasteiger partial charge < -0.3 is 10.2 Å². The molecule has 3 rings (SSSR count). The number of anilines is 1. The van der Waals surface area contributed by atoms with Crippen molar-refractivity contribution in [1.82, 2.24) is 15.5 Å². The van der Waals surface area contributed by atoms with Gasteiger partial charge in [-0.1, -0.05) is 30.3 Å². The molecule has 25 heavy (non-hydrogen) atoms. The fourth-order valence-corrected chi connectivity index (χ4v) is 2.97. The number of aromatic nitrogens is 2. The van der Waals surface area contributed by atoms with Crippen LogP contribution in [0.4, 0.5) is 5.82 Å². The molecule has 1 aliphatic rings. The third-order valence-electron chi connectivity index (χ3n) is 4.51. The van der Waals surface area contributed by atoms with E-state index < -0.39 is 0 Å². The highest BCUT2D eigenvalue weighted by Crippen LogP contribution is 2.20. The van der Waals surface area contributed by atoms with Gasteiger partial charge in [-0.3, -0.25) is 4.79 Å². The Morgan fingerprint density at radius 2 is 1.92 bits per heavy atom. The molecule has 1 saturated heterocycles. The van der Waals surface area contributed by atoms with Gasteiger partial charge in [0.25, 0.3) is 0 Å². The van der Waals surface area contributed by atoms with Crippen molar-refractivity contribution in [1.29, 1.82) is 0 Å². The van der Waals surface area contributed by atoms with E-state index in [1.165, 1.54) is 0 Å². The molecule has 1 aromatic carbocycles. The van der Waals surface area contributed by atoms with Crippen molar-refractivity contribution in [2.45, 2.75) is 19.8 Å². The Balaban J connectivity index is 1.41. The van der Waals surface area contributed by atoms with Crippen LogP contribution in [-0.4, -0.2) is 35.7 Å². The van der Waals surface area contributed by atoms with Gasteiger partial charge in [-0.2, -0.15) is 5.10 Å². The lowest BCUT2D eigenvalue weighted by Crippen LogP contribution is -2.38. The van der Waals surface area contributed by atoms with Crippen molar-refractivity contribution in [2.24, 2.45) is 5.92 Å². The van der Waals surface area contributed by atoms with Crippen molar-refractivity contribution < 1.29 is 4.79 Å². The van der Waals surface area contributed by atoms with E-state index in [0.717, 1.165) is 49.6 Å². The minimum atomic E-state index is -0.0318. The molecule has 1 aliphatic heterocycles. The number of piperidine rings is 1. The van der Waals surface area contributed by atoms with Crippen LogP contribution < -0.4 is 10.2 Å². The van der Waals surface area contributed by atoms with E-state index in [4.69, 9.17) is 0 Å². The fourth-order valence-electron chi connectivity index (χ4n) is 2.97. The highest BCUT2D eigenvalue weighted by Gasteiger charge is 2.20. The quantitative estimate of drug-likeness (QED) is 0.853. The van der Waals surface area contributed by atoms with Crippen LogP contribution in [0.3, 0.4) is 0 Å². The van der Waals surface area contributed by atoms with E-state index in [2.05, 4.69) is 20.4 Å². The summed E-state index contributed by atoms with van der Waals surface area (Å²) in [5, 5.41) is 11.4. The second-order valence-corrected chi connectivity index (χ2v) is 6.45. The number of hydrogen-bond donors (Lipinski definition) is 1. The van der Waals surface area contributed by atoms with Gasteiger partial charge in [0.15, 0.2) is 5.82 Å². The van der Waals surface area contributed by atoms with Crippen LogP contribution in [0.25, 0.3) is 6.08 Å². The number of amides is 1. The molecule has 1 aromatic heterocycles. The zero-order chi connectivity index (χ0) is 17.5. The highest BCUT2D eigenvalue weighted by molar-refractivity contribution is 5.91. The van der Waals surface area contributed by atoms with Crippen LogP contribution in [-0.2, 0) is 4.79 Å². The lowest BCUT2D eigenvalue weighted by Gasteiger charge is -2.32. The third-order valence-corrected chi connectivity index (χ3v) is 4.51. The second-order valence-electron chi connectivity index (χ2n) is 6.45. The maximum Gasteiger partial charge on any atom is 0.244 e. The van der Waals surface area contributed by atoms with E-state index in [1.54, 1.807) is 6.08 Å². The van der Waals surface area contributed by atoms with Crippen LogP contribution in [0.15, 0.2) is 48.5 Å². The first kappa shape index (κ1) is 17.1. The third kappa shape index (κ3) is 5.14. The molecule has 1 N–H and O–H groups in total. The molecule has 0 spiro atoms. The van der Waals surface area contributed by atoms with Crippen molar-refractivity contribution in [2.75, 3.05) is 24.5 Å². The zero-order valence-corrected chi connectivity index (χ0v) is 14.6. The number of carbonyl (C=O) groups is 1. The number of nitrogens with zero attached hydrogens (tertiary/aromatic N) is 3. The van der Waals surface area contributed by atoms with Crippen LogP contribution in [0.2, 0.25) is 0 Å². The standard InChI is InChI=1S/C20H24N4O/c1-16-7-9-19(23-22-16)24-13-11-18(12-14-24)15-21-20(25)10-8-17-5-3-2-4-6-17/h2-10,18H,11-15H2,1H3,(H,21,25)/b10-8+. The Morgan fingerprint density at radius 3 is 2.60 bits per heavy atom. The van der Waals surface area contributed by atoms with Crippen molar-refractivity contribution >= 4 is 17.8 Å². The van der Waals surface area contributed by atoms with Crippen LogP contribution in [0.1, 0.15) is 24.1 Å². The number of benzene rings is 1. The van der Waals surface area contributed by atoms with E-state index >= 15 is 0 Å². The normalized spacial score (nSPS) is 15.5. The predicted octanol–water partition coefficient (Wildman–Crippen LogP) is 2.83. The predicted molar refractivity (Wildman–Crippen MR) is 100 cm³/mol. The monoisotopic (exact) mass is 336 g/mol. The number of rotatable bonds is 5. The lowest BCUT2D eigenvalue weighted by atomic mass is 9.97. The topological polar surface area (TPSA) is 58.1 Å². The lowest BCUT2D eigenvalue weighted by molar-refractivity contribution is -0.116. The molecule has 2 heterocycles. The zero-order valence-electron chi connectivity index (χ0n) is 14.6. The molecule has 5 nitrogen and oxygen atoms in total. The summed E-state index contributed by atoms with van der Waals surface area (Å²) in [7, 11) is 0. The van der Waals surface area contributed by atoms with Gasteiger partial charge in [-0.15, -0.1) is 5.10 Å². The van der Waals surface area contributed by atoms with Crippen molar-refractivity contribution in [3.63, 3.8) is 0 Å². The number of aryl methyl sites for hydroxylation is 1. The summed E-state index contributed by atoms with van der Waals surface area (Å²) in [4.78, 5) is 14.2. The van der Waals surface area contributed by atoms with Gasteiger partial charge in [-0.05, 0) is 49.5 Å². The fraction of sp³-hybridized carbons (Fsp3) is 0.350. The molecule has 0 bridgehead atoms. The molecule has 0 aliphatic carbocycles. The summed E-state index contributed by atoms with van der Waals surface area (Å²) in [6.45, 7) is 4.58. The SMILES string of the molecule is Cc1ccc(N2CCC(CNC(=O)/C=C/c3ccccc3)CC2)nn1. The minimum Gasteiger partial charge on any atom is -0.355 e. The summed E-state index contributed by atoms with van der Waals surface area (Å²) in [6.07, 6.45) is 5.55. The van der Waals surface area contributed by atoms with Gasteiger partial charge in [0, 0.05) is 25.7 Å². The Kier molecular flexibility index (Phi) is 5.77. The second kappa shape index (κ2) is 8.42. The molecule has 0 atom stereocenters. The molecule has 0 radical (unpaired) electrons. The first-order chi connectivity index (χ1) is 12.2. The molecule has 5 heteroatoms. The number of nitrogens with one attached hydrogen (secondary N) is 1. The van der Waals surface area contributed by atoms with Crippen molar-refractivity contribution in [3.8, 4) is 0 Å². The average molecular weight is 336 g/mol. The van der Waals surface area contributed by atoms with Gasteiger partial charge >= 0.3 is 0 Å². The van der Waals surface area contributed by atoms with Gasteiger partial charge in [0.05, 0.1) is 5.69 Å². The summed E-state index contributed by atoms with van der Waals surface area (Å²) in [5.74, 6) is 1.43. The molecular weight excluding hydrogens is 312 g/mol. The first-order valence-corrected chi connectivity index (χ1v) is 8.77. The van der Waals surface area contributed by atoms with Crippen molar-refractivity contribution in [3.05, 3.63) is 59.8 Å². The summed E-state index contributed by atoms with van der Waals surface area (Å²) >= 11 is 0.